The molecule has 1 aliphatic rings. The standard InChI is InChI=1S/C15H17NO4S/c1-3-19-15(18)11-5-4-6-12(9-11)16-14(17)13-10(2)20-7-8-21-13/h4-6,9H,3,7-8H2,1-2H3,(H,16,17). The van der Waals surface area contributed by atoms with E-state index in [1.54, 1.807) is 38.1 Å². The van der Waals surface area contributed by atoms with E-state index in [1.807, 2.05) is 0 Å². The molecule has 0 unspecified atom stereocenters. The van der Waals surface area contributed by atoms with Crippen LogP contribution in [0.5, 0.6) is 0 Å². The average molecular weight is 307 g/mol. The fourth-order valence-electron chi connectivity index (χ4n) is 1.86. The Kier molecular flexibility index (Phi) is 5.27. The molecule has 1 aliphatic heterocycles. The van der Waals surface area contributed by atoms with Crippen LogP contribution in [0.15, 0.2) is 34.9 Å². The number of carbonyl (C=O) groups excluding carboxylic acids is 2. The average Bonchev–Trinajstić information content (AvgIpc) is 2.48. The molecule has 112 valence electrons. The zero-order valence-electron chi connectivity index (χ0n) is 12.0. The number of anilines is 1. The molecule has 0 radical (unpaired) electrons. The van der Waals surface area contributed by atoms with Gasteiger partial charge in [0.25, 0.3) is 5.91 Å². The van der Waals surface area contributed by atoms with Crippen LogP contribution in [0.4, 0.5) is 5.69 Å². The smallest absolute Gasteiger partial charge is 0.338 e. The van der Waals surface area contributed by atoms with Gasteiger partial charge in [-0.05, 0) is 32.0 Å². The summed E-state index contributed by atoms with van der Waals surface area (Å²) in [5, 5.41) is 2.77. The molecule has 0 saturated heterocycles. The normalized spacial score (nSPS) is 14.4. The molecule has 1 heterocycles. The van der Waals surface area contributed by atoms with Crippen molar-refractivity contribution in [2.24, 2.45) is 0 Å². The van der Waals surface area contributed by atoms with Gasteiger partial charge >= 0.3 is 5.97 Å². The first kappa shape index (κ1) is 15.4. The third kappa shape index (κ3) is 4.01. The number of carbonyl (C=O) groups is 2. The fourth-order valence-corrected chi connectivity index (χ4v) is 2.67. The summed E-state index contributed by atoms with van der Waals surface area (Å²) in [5.41, 5.74) is 0.963. The van der Waals surface area contributed by atoms with Gasteiger partial charge in [-0.3, -0.25) is 4.79 Å². The molecule has 1 aromatic carbocycles. The topological polar surface area (TPSA) is 64.6 Å². The van der Waals surface area contributed by atoms with Crippen molar-refractivity contribution in [2.75, 3.05) is 24.3 Å². The maximum atomic E-state index is 12.2. The molecule has 1 N–H and O–H groups in total. The number of nitrogens with one attached hydrogen (secondary N) is 1. The maximum absolute atomic E-state index is 12.2. The first-order chi connectivity index (χ1) is 10.1. The van der Waals surface area contributed by atoms with Gasteiger partial charge in [0.15, 0.2) is 0 Å². The van der Waals surface area contributed by atoms with Crippen LogP contribution in [0, 0.1) is 0 Å². The first-order valence-corrected chi connectivity index (χ1v) is 7.65. The summed E-state index contributed by atoms with van der Waals surface area (Å²) in [5.74, 6) is 0.756. The molecule has 0 aromatic heterocycles. The lowest BCUT2D eigenvalue weighted by Gasteiger charge is -2.17. The second kappa shape index (κ2) is 7.17. The molecule has 0 spiro atoms. The van der Waals surface area contributed by atoms with Crippen LogP contribution in [0.1, 0.15) is 24.2 Å². The van der Waals surface area contributed by atoms with Gasteiger partial charge in [-0.1, -0.05) is 6.07 Å². The Morgan fingerprint density at radius 1 is 1.43 bits per heavy atom. The first-order valence-electron chi connectivity index (χ1n) is 6.67. The highest BCUT2D eigenvalue weighted by atomic mass is 32.2. The number of ether oxygens (including phenoxy) is 2. The number of hydrogen-bond donors (Lipinski definition) is 1. The molecule has 0 saturated carbocycles. The minimum atomic E-state index is -0.403. The van der Waals surface area contributed by atoms with E-state index in [1.165, 1.54) is 11.8 Å². The van der Waals surface area contributed by atoms with Crippen LogP contribution >= 0.6 is 11.8 Å². The lowest BCUT2D eigenvalue weighted by molar-refractivity contribution is -0.112. The molecule has 0 bridgehead atoms. The molecule has 1 aromatic rings. The van der Waals surface area contributed by atoms with Crippen LogP contribution in [0.25, 0.3) is 0 Å². The van der Waals surface area contributed by atoms with Gasteiger partial charge < -0.3 is 14.8 Å². The summed E-state index contributed by atoms with van der Waals surface area (Å²) < 4.78 is 10.3. The Balaban J connectivity index is 2.11. The van der Waals surface area contributed by atoms with E-state index in [0.717, 1.165) is 5.75 Å². The quantitative estimate of drug-likeness (QED) is 0.867. The predicted octanol–water partition coefficient (Wildman–Crippen LogP) is 2.80. The van der Waals surface area contributed by atoms with Crippen LogP contribution in [-0.4, -0.2) is 30.8 Å². The van der Waals surface area contributed by atoms with Gasteiger partial charge in [-0.15, -0.1) is 11.8 Å². The van der Waals surface area contributed by atoms with Crippen molar-refractivity contribution < 1.29 is 19.1 Å². The predicted molar refractivity (Wildman–Crippen MR) is 82.1 cm³/mol. The van der Waals surface area contributed by atoms with E-state index in [9.17, 15) is 9.59 Å². The molecular weight excluding hydrogens is 290 g/mol. The zero-order valence-corrected chi connectivity index (χ0v) is 12.8. The SMILES string of the molecule is CCOC(=O)c1cccc(NC(=O)C2=C(C)OCCS2)c1. The lowest BCUT2D eigenvalue weighted by Crippen LogP contribution is -2.18. The van der Waals surface area contributed by atoms with Crippen LogP contribution in [-0.2, 0) is 14.3 Å². The van der Waals surface area contributed by atoms with Gasteiger partial charge in [0, 0.05) is 11.4 Å². The van der Waals surface area contributed by atoms with Crippen molar-refractivity contribution in [3.63, 3.8) is 0 Å². The maximum Gasteiger partial charge on any atom is 0.338 e. The molecule has 21 heavy (non-hydrogen) atoms. The molecule has 0 atom stereocenters. The lowest BCUT2D eigenvalue weighted by atomic mass is 10.2. The van der Waals surface area contributed by atoms with Gasteiger partial charge in [0.2, 0.25) is 0 Å². The highest BCUT2D eigenvalue weighted by Gasteiger charge is 2.19. The highest BCUT2D eigenvalue weighted by molar-refractivity contribution is 8.04. The number of hydrogen-bond acceptors (Lipinski definition) is 5. The van der Waals surface area contributed by atoms with E-state index >= 15 is 0 Å². The summed E-state index contributed by atoms with van der Waals surface area (Å²) >= 11 is 1.47. The van der Waals surface area contributed by atoms with Gasteiger partial charge in [0.1, 0.15) is 10.7 Å². The molecule has 1 amide bonds. The van der Waals surface area contributed by atoms with Crippen molar-refractivity contribution >= 4 is 29.3 Å². The molecule has 5 nitrogen and oxygen atoms in total. The van der Waals surface area contributed by atoms with Crippen molar-refractivity contribution in [2.45, 2.75) is 13.8 Å². The van der Waals surface area contributed by atoms with Crippen LogP contribution in [0.2, 0.25) is 0 Å². The molecule has 6 heteroatoms. The van der Waals surface area contributed by atoms with Crippen LogP contribution in [0.3, 0.4) is 0 Å². The molecule has 0 fully saturated rings. The third-order valence-electron chi connectivity index (χ3n) is 2.81. The minimum absolute atomic E-state index is 0.224. The number of esters is 1. The second-order valence-electron chi connectivity index (χ2n) is 4.34. The zero-order chi connectivity index (χ0) is 15.2. The van der Waals surface area contributed by atoms with Crippen LogP contribution < -0.4 is 5.32 Å². The number of thioether (sulfide) groups is 1. The summed E-state index contributed by atoms with van der Waals surface area (Å²) in [4.78, 5) is 24.4. The number of benzene rings is 1. The third-order valence-corrected chi connectivity index (χ3v) is 3.94. The Labute approximate surface area is 127 Å². The van der Waals surface area contributed by atoms with E-state index in [-0.39, 0.29) is 5.91 Å². The molecule has 2 rings (SSSR count). The molecular formula is C15H17NO4S. The van der Waals surface area contributed by atoms with Gasteiger partial charge in [-0.25, -0.2) is 4.79 Å². The Morgan fingerprint density at radius 3 is 2.95 bits per heavy atom. The number of rotatable bonds is 4. The van der Waals surface area contributed by atoms with Gasteiger partial charge in [-0.2, -0.15) is 0 Å². The fraction of sp³-hybridized carbons (Fsp3) is 0.333. The molecule has 0 aliphatic carbocycles. The Bertz CT molecular complexity index is 583. The van der Waals surface area contributed by atoms with Crippen molar-refractivity contribution in [3.8, 4) is 0 Å². The van der Waals surface area contributed by atoms with Crippen molar-refractivity contribution in [1.29, 1.82) is 0 Å². The second-order valence-corrected chi connectivity index (χ2v) is 5.44. The van der Waals surface area contributed by atoms with E-state index in [4.69, 9.17) is 9.47 Å². The number of allylic oxidation sites excluding steroid dienone is 1. The largest absolute Gasteiger partial charge is 0.496 e. The minimum Gasteiger partial charge on any atom is -0.496 e. The van der Waals surface area contributed by atoms with Crippen molar-refractivity contribution in [3.05, 3.63) is 40.5 Å². The van der Waals surface area contributed by atoms with E-state index in [0.29, 0.717) is 35.1 Å². The monoisotopic (exact) mass is 307 g/mol. The highest BCUT2D eigenvalue weighted by Crippen LogP contribution is 2.26. The Morgan fingerprint density at radius 2 is 2.24 bits per heavy atom. The van der Waals surface area contributed by atoms with Crippen molar-refractivity contribution in [1.82, 2.24) is 0 Å². The summed E-state index contributed by atoms with van der Waals surface area (Å²) in [7, 11) is 0. The Hall–Kier alpha value is -1.95. The van der Waals surface area contributed by atoms with Gasteiger partial charge in [0.05, 0.1) is 18.8 Å². The van der Waals surface area contributed by atoms with E-state index < -0.39 is 5.97 Å². The number of amides is 1. The summed E-state index contributed by atoms with van der Waals surface area (Å²) in [6.07, 6.45) is 0. The summed E-state index contributed by atoms with van der Waals surface area (Å²) in [6.45, 7) is 4.45. The van der Waals surface area contributed by atoms with E-state index in [2.05, 4.69) is 5.32 Å². The summed E-state index contributed by atoms with van der Waals surface area (Å²) in [6, 6.07) is 6.68.